The largest absolute Gasteiger partial charge is 0.464 e. The molecule has 0 aromatic heterocycles. The van der Waals surface area contributed by atoms with Gasteiger partial charge in [0.05, 0.1) is 11.5 Å². The number of hydrogen-bond acceptors (Lipinski definition) is 4. The fourth-order valence-corrected chi connectivity index (χ4v) is 1.29. The molecular weight excluding hydrogens is 170 g/mol. The number of carbonyl (C=O) groups excluding carboxylic acids is 1. The summed E-state index contributed by atoms with van der Waals surface area (Å²) in [6.07, 6.45) is 1.30. The van der Waals surface area contributed by atoms with Crippen LogP contribution >= 0.6 is 0 Å². The third kappa shape index (κ3) is 2.71. The van der Waals surface area contributed by atoms with E-state index in [2.05, 4.69) is 6.07 Å². The van der Waals surface area contributed by atoms with Crippen molar-refractivity contribution in [3.8, 4) is 6.07 Å². The zero-order valence-corrected chi connectivity index (χ0v) is 7.71. The van der Waals surface area contributed by atoms with Gasteiger partial charge in [0.1, 0.15) is 6.61 Å². The predicted molar refractivity (Wildman–Crippen MR) is 44.7 cm³/mol. The van der Waals surface area contributed by atoms with Crippen LogP contribution in [-0.4, -0.2) is 25.8 Å². The maximum atomic E-state index is 10.6. The van der Waals surface area contributed by atoms with Crippen molar-refractivity contribution < 1.29 is 14.3 Å². The average Bonchev–Trinajstić information content (AvgIpc) is 2.16. The molecule has 0 unspecified atom stereocenters. The molecule has 0 radical (unpaired) electrons. The highest BCUT2D eigenvalue weighted by Gasteiger charge is 2.33. The summed E-state index contributed by atoms with van der Waals surface area (Å²) in [5, 5.41) is 8.96. The minimum Gasteiger partial charge on any atom is -0.464 e. The molecular formula is C9H13NO3. The Kier molecular flexibility index (Phi) is 3.26. The van der Waals surface area contributed by atoms with E-state index in [4.69, 9.17) is 14.7 Å². The molecule has 4 heteroatoms. The molecule has 1 aliphatic rings. The first-order valence-corrected chi connectivity index (χ1v) is 4.31. The number of carbonyl (C=O) groups is 1. The van der Waals surface area contributed by atoms with Gasteiger partial charge in [-0.1, -0.05) is 0 Å². The van der Waals surface area contributed by atoms with Gasteiger partial charge in [0.2, 0.25) is 0 Å². The Bertz CT molecular complexity index is 226. The predicted octanol–water partition coefficient (Wildman–Crippen LogP) is 0.870. The van der Waals surface area contributed by atoms with E-state index in [-0.39, 0.29) is 12.6 Å². The van der Waals surface area contributed by atoms with Crippen molar-refractivity contribution in [1.82, 2.24) is 0 Å². The molecule has 1 fully saturated rings. The normalized spacial score (nSPS) is 20.3. The molecule has 0 spiro atoms. The van der Waals surface area contributed by atoms with Crippen LogP contribution in [0.4, 0.5) is 0 Å². The van der Waals surface area contributed by atoms with Crippen molar-refractivity contribution in [3.05, 3.63) is 0 Å². The topological polar surface area (TPSA) is 59.3 Å². The quantitative estimate of drug-likeness (QED) is 0.596. The summed E-state index contributed by atoms with van der Waals surface area (Å²) in [6.45, 7) is 2.70. The summed E-state index contributed by atoms with van der Waals surface area (Å²) in [5.41, 5.74) is -0.510. The first-order valence-electron chi connectivity index (χ1n) is 4.31. The maximum absolute atomic E-state index is 10.6. The Morgan fingerprint density at radius 2 is 2.23 bits per heavy atom. The molecule has 0 bridgehead atoms. The fourth-order valence-electron chi connectivity index (χ4n) is 1.29. The third-order valence-electron chi connectivity index (χ3n) is 2.24. The van der Waals surface area contributed by atoms with Gasteiger partial charge in [0, 0.05) is 20.1 Å². The highest BCUT2D eigenvalue weighted by Crippen LogP contribution is 2.29. The molecule has 13 heavy (non-hydrogen) atoms. The third-order valence-corrected chi connectivity index (χ3v) is 2.24. The Morgan fingerprint density at radius 3 is 2.69 bits per heavy atom. The van der Waals surface area contributed by atoms with E-state index in [0.29, 0.717) is 26.1 Å². The average molecular weight is 183 g/mol. The van der Waals surface area contributed by atoms with Gasteiger partial charge in [-0.15, -0.1) is 0 Å². The molecule has 0 amide bonds. The number of nitrogens with zero attached hydrogens (tertiary/aromatic N) is 1. The molecule has 72 valence electrons. The van der Waals surface area contributed by atoms with Gasteiger partial charge < -0.3 is 9.47 Å². The summed E-state index contributed by atoms with van der Waals surface area (Å²) in [5.74, 6) is -0.332. The van der Waals surface area contributed by atoms with Crippen molar-refractivity contribution >= 4 is 5.97 Å². The molecule has 1 rings (SSSR count). The highest BCUT2D eigenvalue weighted by atomic mass is 16.5. The van der Waals surface area contributed by atoms with Crippen LogP contribution in [0.15, 0.2) is 0 Å². The van der Waals surface area contributed by atoms with Crippen LogP contribution in [0.25, 0.3) is 0 Å². The fraction of sp³-hybridized carbons (Fsp3) is 0.778. The molecule has 0 saturated carbocycles. The summed E-state index contributed by atoms with van der Waals surface area (Å²) in [6, 6.07) is 2.22. The van der Waals surface area contributed by atoms with Crippen LogP contribution in [-0.2, 0) is 14.3 Å². The van der Waals surface area contributed by atoms with E-state index in [1.54, 1.807) is 0 Å². The standard InChI is InChI=1S/C9H13NO3/c1-8(11)13-7-9(6-10)2-4-12-5-3-9/h2-5,7H2,1H3. The monoisotopic (exact) mass is 183 g/mol. The van der Waals surface area contributed by atoms with E-state index in [1.165, 1.54) is 6.92 Å². The molecule has 1 aliphatic heterocycles. The second-order valence-corrected chi connectivity index (χ2v) is 3.28. The van der Waals surface area contributed by atoms with Gasteiger partial charge in [0.15, 0.2) is 0 Å². The Hall–Kier alpha value is -1.08. The number of esters is 1. The minimum absolute atomic E-state index is 0.197. The van der Waals surface area contributed by atoms with Crippen molar-refractivity contribution in [2.45, 2.75) is 19.8 Å². The molecule has 0 N–H and O–H groups in total. The van der Waals surface area contributed by atoms with Crippen LogP contribution in [0.2, 0.25) is 0 Å². The summed E-state index contributed by atoms with van der Waals surface area (Å²) < 4.78 is 10.0. The first-order chi connectivity index (χ1) is 6.18. The first kappa shape index (κ1) is 10.0. The van der Waals surface area contributed by atoms with Gasteiger partial charge in [-0.3, -0.25) is 4.79 Å². The van der Waals surface area contributed by atoms with E-state index in [9.17, 15) is 4.79 Å². The van der Waals surface area contributed by atoms with Gasteiger partial charge >= 0.3 is 5.97 Å². The van der Waals surface area contributed by atoms with E-state index >= 15 is 0 Å². The van der Waals surface area contributed by atoms with Crippen LogP contribution in [0, 0.1) is 16.7 Å². The van der Waals surface area contributed by atoms with Crippen molar-refractivity contribution in [3.63, 3.8) is 0 Å². The van der Waals surface area contributed by atoms with Crippen LogP contribution in [0.5, 0.6) is 0 Å². The Balaban J connectivity index is 2.49. The van der Waals surface area contributed by atoms with Crippen molar-refractivity contribution in [2.24, 2.45) is 5.41 Å². The molecule has 0 aromatic carbocycles. The lowest BCUT2D eigenvalue weighted by Gasteiger charge is -2.29. The van der Waals surface area contributed by atoms with E-state index < -0.39 is 5.41 Å². The molecule has 0 aliphatic carbocycles. The second kappa shape index (κ2) is 4.24. The summed E-state index contributed by atoms with van der Waals surface area (Å²) >= 11 is 0. The van der Waals surface area contributed by atoms with Crippen LogP contribution in [0.1, 0.15) is 19.8 Å². The lowest BCUT2D eigenvalue weighted by atomic mass is 9.83. The van der Waals surface area contributed by atoms with Crippen molar-refractivity contribution in [1.29, 1.82) is 5.26 Å². The van der Waals surface area contributed by atoms with Crippen LogP contribution < -0.4 is 0 Å². The number of rotatable bonds is 2. The zero-order valence-electron chi connectivity index (χ0n) is 7.71. The van der Waals surface area contributed by atoms with Gasteiger partial charge in [-0.05, 0) is 12.8 Å². The Labute approximate surface area is 77.4 Å². The smallest absolute Gasteiger partial charge is 0.302 e. The lowest BCUT2D eigenvalue weighted by molar-refractivity contribution is -0.145. The summed E-state index contributed by atoms with van der Waals surface area (Å²) in [7, 11) is 0. The molecule has 4 nitrogen and oxygen atoms in total. The molecule has 1 saturated heterocycles. The van der Waals surface area contributed by atoms with Gasteiger partial charge in [-0.2, -0.15) is 5.26 Å². The second-order valence-electron chi connectivity index (χ2n) is 3.28. The number of hydrogen-bond donors (Lipinski definition) is 0. The number of ether oxygens (including phenoxy) is 2. The van der Waals surface area contributed by atoms with Crippen LogP contribution in [0.3, 0.4) is 0 Å². The minimum atomic E-state index is -0.510. The zero-order chi connectivity index (χ0) is 9.73. The molecule has 1 heterocycles. The highest BCUT2D eigenvalue weighted by molar-refractivity contribution is 5.65. The molecule has 0 atom stereocenters. The van der Waals surface area contributed by atoms with E-state index in [0.717, 1.165) is 0 Å². The summed E-state index contributed by atoms with van der Waals surface area (Å²) in [4.78, 5) is 10.6. The van der Waals surface area contributed by atoms with Gasteiger partial charge in [0.25, 0.3) is 0 Å². The SMILES string of the molecule is CC(=O)OCC1(C#N)CCOCC1. The maximum Gasteiger partial charge on any atom is 0.302 e. The van der Waals surface area contributed by atoms with Gasteiger partial charge in [-0.25, -0.2) is 0 Å². The van der Waals surface area contributed by atoms with Crippen molar-refractivity contribution in [2.75, 3.05) is 19.8 Å². The lowest BCUT2D eigenvalue weighted by Crippen LogP contribution is -2.33. The molecule has 0 aromatic rings. The number of nitriles is 1. The van der Waals surface area contributed by atoms with E-state index in [1.807, 2.05) is 0 Å². The Morgan fingerprint density at radius 1 is 1.62 bits per heavy atom.